The first-order chi connectivity index (χ1) is 19.4. The first-order valence-corrected chi connectivity index (χ1v) is 14.4. The van der Waals surface area contributed by atoms with Crippen molar-refractivity contribution in [1.82, 2.24) is 15.1 Å². The number of carbonyl (C=O) groups is 3. The Morgan fingerprint density at radius 2 is 1.48 bits per heavy atom. The van der Waals surface area contributed by atoms with Crippen molar-refractivity contribution in [2.24, 2.45) is 11.8 Å². The zero-order valence-corrected chi connectivity index (χ0v) is 23.6. The van der Waals surface area contributed by atoms with Crippen LogP contribution in [-0.4, -0.2) is 59.6 Å². The second-order valence-electron chi connectivity index (χ2n) is 11.5. The lowest BCUT2D eigenvalue weighted by Crippen LogP contribution is -2.55. The molecule has 0 aliphatic carbocycles. The summed E-state index contributed by atoms with van der Waals surface area (Å²) in [5.41, 5.74) is 3.44. The van der Waals surface area contributed by atoms with E-state index in [1.54, 1.807) is 4.90 Å². The number of hydrogen-bond acceptors (Lipinski definition) is 4. The van der Waals surface area contributed by atoms with Crippen molar-refractivity contribution in [1.29, 1.82) is 0 Å². The van der Waals surface area contributed by atoms with Crippen LogP contribution in [0.2, 0.25) is 0 Å². The van der Waals surface area contributed by atoms with Gasteiger partial charge in [0.05, 0.1) is 12.0 Å². The van der Waals surface area contributed by atoms with Crippen molar-refractivity contribution < 1.29 is 14.4 Å². The summed E-state index contributed by atoms with van der Waals surface area (Å²) in [5, 5.41) is 3.32. The van der Waals surface area contributed by atoms with Crippen LogP contribution in [0.3, 0.4) is 0 Å². The predicted octanol–water partition coefficient (Wildman–Crippen LogP) is 5.01. The second-order valence-corrected chi connectivity index (χ2v) is 11.5. The monoisotopic (exact) mass is 537 g/mol. The maximum atomic E-state index is 14.6. The van der Waals surface area contributed by atoms with Crippen LogP contribution in [0.5, 0.6) is 0 Å². The fraction of sp³-hybridized carbons (Fsp3) is 0.382. The molecule has 208 valence electrons. The molecule has 5 rings (SSSR count). The van der Waals surface area contributed by atoms with Crippen LogP contribution in [0.15, 0.2) is 84.9 Å². The number of rotatable bonds is 7. The first-order valence-electron chi connectivity index (χ1n) is 14.4. The number of aryl methyl sites for hydroxylation is 1. The van der Waals surface area contributed by atoms with E-state index in [4.69, 9.17) is 0 Å². The Morgan fingerprint density at radius 1 is 0.850 bits per heavy atom. The maximum absolute atomic E-state index is 14.6. The lowest BCUT2D eigenvalue weighted by atomic mass is 9.75. The van der Waals surface area contributed by atoms with E-state index in [9.17, 15) is 14.4 Å². The first kappa shape index (κ1) is 27.8. The quantitative estimate of drug-likeness (QED) is 0.431. The average Bonchev–Trinajstić information content (AvgIpc) is 3.34. The number of nitrogens with zero attached hydrogens (tertiary/aromatic N) is 2. The van der Waals surface area contributed by atoms with Crippen LogP contribution in [0.4, 0.5) is 0 Å². The van der Waals surface area contributed by atoms with Gasteiger partial charge in [-0.15, -0.1) is 0 Å². The Morgan fingerprint density at radius 3 is 2.10 bits per heavy atom. The third kappa shape index (κ3) is 5.59. The summed E-state index contributed by atoms with van der Waals surface area (Å²) in [4.78, 5) is 47.0. The van der Waals surface area contributed by atoms with Gasteiger partial charge in [0.25, 0.3) is 0 Å². The van der Waals surface area contributed by atoms with Crippen molar-refractivity contribution in [3.8, 4) is 0 Å². The van der Waals surface area contributed by atoms with Gasteiger partial charge < -0.3 is 15.1 Å². The highest BCUT2D eigenvalue weighted by molar-refractivity contribution is 6.02. The number of Topliss-reactive ketones (excluding diaryl/α,β-unsaturated/α-hetero) is 1. The number of nitrogens with one attached hydrogen (secondary N) is 1. The van der Waals surface area contributed by atoms with E-state index in [1.807, 2.05) is 105 Å². The van der Waals surface area contributed by atoms with Gasteiger partial charge in [0.2, 0.25) is 11.8 Å². The van der Waals surface area contributed by atoms with Gasteiger partial charge in [0.1, 0.15) is 6.04 Å². The minimum absolute atomic E-state index is 0.0427. The van der Waals surface area contributed by atoms with Gasteiger partial charge in [0.15, 0.2) is 5.78 Å². The van der Waals surface area contributed by atoms with E-state index in [0.29, 0.717) is 38.2 Å². The number of amides is 2. The van der Waals surface area contributed by atoms with Gasteiger partial charge >= 0.3 is 0 Å². The molecular weight excluding hydrogens is 498 g/mol. The van der Waals surface area contributed by atoms with Gasteiger partial charge in [-0.3, -0.25) is 14.4 Å². The van der Waals surface area contributed by atoms with Crippen LogP contribution in [0, 0.1) is 18.8 Å². The number of benzene rings is 3. The highest BCUT2D eigenvalue weighted by Gasteiger charge is 2.57. The molecule has 0 radical (unpaired) electrons. The van der Waals surface area contributed by atoms with Crippen molar-refractivity contribution in [2.75, 3.05) is 26.2 Å². The number of piperazine rings is 1. The largest absolute Gasteiger partial charge is 0.338 e. The van der Waals surface area contributed by atoms with E-state index in [1.165, 1.54) is 0 Å². The molecule has 6 nitrogen and oxygen atoms in total. The van der Waals surface area contributed by atoms with E-state index >= 15 is 0 Å². The number of carbonyl (C=O) groups excluding carboxylic acids is 3. The van der Waals surface area contributed by atoms with E-state index in [0.717, 1.165) is 16.7 Å². The van der Waals surface area contributed by atoms with Gasteiger partial charge in [0, 0.05) is 44.1 Å². The molecule has 2 aliphatic heterocycles. The Hall–Kier alpha value is -3.77. The lowest BCUT2D eigenvalue weighted by molar-refractivity contribution is -0.146. The fourth-order valence-corrected chi connectivity index (χ4v) is 6.41. The van der Waals surface area contributed by atoms with Gasteiger partial charge in [-0.1, -0.05) is 104 Å². The van der Waals surface area contributed by atoms with Crippen molar-refractivity contribution in [3.05, 3.63) is 107 Å². The molecule has 1 N–H and O–H groups in total. The summed E-state index contributed by atoms with van der Waals surface area (Å²) in [5.74, 6) is -1.20. The van der Waals surface area contributed by atoms with Crippen LogP contribution in [-0.2, 0) is 9.59 Å². The van der Waals surface area contributed by atoms with Gasteiger partial charge in [-0.2, -0.15) is 0 Å². The average molecular weight is 538 g/mol. The Bertz CT molecular complexity index is 1330. The molecule has 4 atom stereocenters. The normalized spacial score (nSPS) is 22.9. The van der Waals surface area contributed by atoms with Crippen LogP contribution < -0.4 is 5.32 Å². The summed E-state index contributed by atoms with van der Waals surface area (Å²) in [6, 6.07) is 25.8. The fourth-order valence-electron chi connectivity index (χ4n) is 6.41. The summed E-state index contributed by atoms with van der Waals surface area (Å²) in [7, 11) is 0. The van der Waals surface area contributed by atoms with Crippen molar-refractivity contribution in [2.45, 2.75) is 45.2 Å². The standard InChI is InChI=1S/C34H39N3O3/c1-23(2)21-28(38)37-31(27-16-10-11-24(3)22-27)30(33(39)26-14-8-5-9-15-26)29(25-12-6-4-7-13-25)32(37)34(40)36-19-17-35-18-20-36/h4-16,22-23,29-32,35H,17-21H2,1-3H3. The third-order valence-corrected chi connectivity index (χ3v) is 8.15. The Balaban J connectivity index is 1.75. The highest BCUT2D eigenvalue weighted by Crippen LogP contribution is 2.52. The van der Waals surface area contributed by atoms with Crippen LogP contribution in [0.25, 0.3) is 0 Å². The van der Waals surface area contributed by atoms with E-state index in [2.05, 4.69) is 11.4 Å². The lowest BCUT2D eigenvalue weighted by Gasteiger charge is -2.36. The van der Waals surface area contributed by atoms with Crippen LogP contribution >= 0.6 is 0 Å². The molecular formula is C34H39N3O3. The topological polar surface area (TPSA) is 69.7 Å². The summed E-state index contributed by atoms with van der Waals surface area (Å²) in [6.07, 6.45) is 0.307. The van der Waals surface area contributed by atoms with Crippen LogP contribution in [0.1, 0.15) is 59.3 Å². The SMILES string of the molecule is Cc1cccc(C2C(C(=O)c3ccccc3)C(c3ccccc3)C(C(=O)N3CCNCC3)N2C(=O)CC(C)C)c1. The molecule has 0 aromatic heterocycles. The Kier molecular flexibility index (Phi) is 8.46. The molecule has 2 amide bonds. The highest BCUT2D eigenvalue weighted by atomic mass is 16.2. The number of ketones is 1. The van der Waals surface area contributed by atoms with E-state index in [-0.39, 0.29) is 23.5 Å². The zero-order chi connectivity index (χ0) is 28.2. The Labute approximate surface area is 237 Å². The summed E-state index contributed by atoms with van der Waals surface area (Å²) >= 11 is 0. The molecule has 2 saturated heterocycles. The molecule has 2 heterocycles. The minimum Gasteiger partial charge on any atom is -0.338 e. The zero-order valence-electron chi connectivity index (χ0n) is 23.6. The molecule has 3 aromatic rings. The van der Waals surface area contributed by atoms with Crippen molar-refractivity contribution in [3.63, 3.8) is 0 Å². The molecule has 3 aromatic carbocycles. The molecule has 6 heteroatoms. The second kappa shape index (κ2) is 12.2. The molecule has 2 fully saturated rings. The summed E-state index contributed by atoms with van der Waals surface area (Å²) in [6.45, 7) is 8.63. The molecule has 0 spiro atoms. The predicted molar refractivity (Wildman–Crippen MR) is 157 cm³/mol. The van der Waals surface area contributed by atoms with Gasteiger partial charge in [-0.05, 0) is 24.0 Å². The third-order valence-electron chi connectivity index (χ3n) is 8.15. The molecule has 2 aliphatic rings. The van der Waals surface area contributed by atoms with Crippen molar-refractivity contribution >= 4 is 17.6 Å². The smallest absolute Gasteiger partial charge is 0.246 e. The van der Waals surface area contributed by atoms with E-state index < -0.39 is 23.9 Å². The molecule has 0 saturated carbocycles. The van der Waals surface area contributed by atoms with Gasteiger partial charge in [-0.25, -0.2) is 0 Å². The number of hydrogen-bond donors (Lipinski definition) is 1. The summed E-state index contributed by atoms with van der Waals surface area (Å²) < 4.78 is 0. The minimum atomic E-state index is -0.782. The number of likely N-dealkylation sites (tertiary alicyclic amines) is 1. The molecule has 0 bridgehead atoms. The molecule has 4 unspecified atom stereocenters. The molecule has 40 heavy (non-hydrogen) atoms. The maximum Gasteiger partial charge on any atom is 0.246 e.